The van der Waals surface area contributed by atoms with E-state index in [9.17, 15) is 9.18 Å². The lowest BCUT2D eigenvalue weighted by Crippen LogP contribution is -2.08. The number of fused-ring (bicyclic) bond motifs is 1. The minimum absolute atomic E-state index is 0.00785. The highest BCUT2D eigenvalue weighted by atomic mass is 79.9. The van der Waals surface area contributed by atoms with Gasteiger partial charge >= 0.3 is 0 Å². The van der Waals surface area contributed by atoms with Crippen molar-refractivity contribution in [3.63, 3.8) is 0 Å². The minimum Gasteiger partial charge on any atom is -0.489 e. The largest absolute Gasteiger partial charge is 0.489 e. The van der Waals surface area contributed by atoms with Crippen LogP contribution in [0, 0.1) is 0 Å². The number of aromatic nitrogens is 1. The van der Waals surface area contributed by atoms with E-state index in [2.05, 4.69) is 27.5 Å². The summed E-state index contributed by atoms with van der Waals surface area (Å²) in [5.74, 6) is 0.424. The van der Waals surface area contributed by atoms with Crippen LogP contribution >= 0.6 is 15.9 Å². The summed E-state index contributed by atoms with van der Waals surface area (Å²) in [4.78, 5) is 14.9. The lowest BCUT2D eigenvalue weighted by Gasteiger charge is -2.08. The maximum absolute atomic E-state index is 12.8. The van der Waals surface area contributed by atoms with E-state index in [0.717, 1.165) is 10.9 Å². The second kappa shape index (κ2) is 5.79. The van der Waals surface area contributed by atoms with Crippen molar-refractivity contribution in [1.29, 1.82) is 0 Å². The van der Waals surface area contributed by atoms with E-state index in [1.165, 1.54) is 6.92 Å². The van der Waals surface area contributed by atoms with Gasteiger partial charge in [0, 0.05) is 10.9 Å². The lowest BCUT2D eigenvalue weighted by atomic mass is 10.1. The van der Waals surface area contributed by atoms with Gasteiger partial charge in [0.25, 0.3) is 0 Å². The number of ketones is 1. The quantitative estimate of drug-likeness (QED) is 0.646. The van der Waals surface area contributed by atoms with E-state index in [1.807, 2.05) is 6.07 Å². The Labute approximate surface area is 124 Å². The molecule has 3 nitrogen and oxygen atoms in total. The summed E-state index contributed by atoms with van der Waals surface area (Å²) in [5.41, 5.74) is 1.76. The maximum atomic E-state index is 12.8. The fraction of sp³-hybridized carbons (Fsp3) is 0.267. The topological polar surface area (TPSA) is 42.1 Å². The predicted octanol–water partition coefficient (Wildman–Crippen LogP) is 4.43. The van der Waals surface area contributed by atoms with Crippen LogP contribution in [0.5, 0.6) is 5.75 Å². The number of hydrogen-bond donors (Lipinski definition) is 1. The number of hydrogen-bond acceptors (Lipinski definition) is 2. The molecule has 0 fully saturated rings. The molecule has 0 radical (unpaired) electrons. The van der Waals surface area contributed by atoms with Crippen molar-refractivity contribution in [1.82, 2.24) is 4.98 Å². The van der Waals surface area contributed by atoms with Gasteiger partial charge in [0.05, 0.1) is 10.2 Å². The Morgan fingerprint density at radius 1 is 1.50 bits per heavy atom. The van der Waals surface area contributed by atoms with Gasteiger partial charge in [0.1, 0.15) is 18.5 Å². The number of rotatable bonds is 5. The molecule has 0 bridgehead atoms. The van der Waals surface area contributed by atoms with E-state index < -0.39 is 6.17 Å². The zero-order chi connectivity index (χ0) is 14.9. The Morgan fingerprint density at radius 2 is 2.20 bits per heavy atom. The van der Waals surface area contributed by atoms with Crippen LogP contribution in [-0.4, -0.2) is 23.5 Å². The summed E-state index contributed by atoms with van der Waals surface area (Å²) in [5, 5.41) is 0.833. The molecule has 5 heteroatoms. The molecular weight excluding hydrogens is 325 g/mol. The Hall–Kier alpha value is -1.62. The van der Waals surface area contributed by atoms with Crippen LogP contribution in [0.4, 0.5) is 4.39 Å². The zero-order valence-electron chi connectivity index (χ0n) is 11.3. The van der Waals surface area contributed by atoms with Crippen LogP contribution < -0.4 is 4.74 Å². The van der Waals surface area contributed by atoms with Crippen LogP contribution in [-0.2, 0) is 0 Å². The maximum Gasteiger partial charge on any atom is 0.204 e. The first-order valence-electron chi connectivity index (χ1n) is 6.18. The van der Waals surface area contributed by atoms with Crippen molar-refractivity contribution in [2.45, 2.75) is 20.0 Å². The van der Waals surface area contributed by atoms with Crippen molar-refractivity contribution in [3.05, 3.63) is 40.5 Å². The molecule has 0 aliphatic rings. The molecule has 20 heavy (non-hydrogen) atoms. The highest BCUT2D eigenvalue weighted by Gasteiger charge is 2.13. The molecule has 1 heterocycles. The van der Waals surface area contributed by atoms with Gasteiger partial charge in [-0.2, -0.15) is 0 Å². The number of alkyl halides is 1. The molecule has 1 aromatic heterocycles. The fourth-order valence-corrected chi connectivity index (χ4v) is 2.26. The zero-order valence-corrected chi connectivity index (χ0v) is 12.9. The SMILES string of the molecule is C=C(C)C(=O)c1cc2cc(OCC(C)F)c(Br)cc2[nH]1. The third-order valence-corrected chi connectivity index (χ3v) is 3.39. The summed E-state index contributed by atoms with van der Waals surface area (Å²) >= 11 is 3.37. The number of carbonyl (C=O) groups is 1. The van der Waals surface area contributed by atoms with Gasteiger partial charge in [-0.05, 0) is 53.5 Å². The molecule has 1 N–H and O–H groups in total. The van der Waals surface area contributed by atoms with Crippen LogP contribution in [0.2, 0.25) is 0 Å². The molecule has 0 saturated carbocycles. The molecular formula is C15H15BrFNO2. The van der Waals surface area contributed by atoms with Gasteiger partial charge in [-0.25, -0.2) is 4.39 Å². The van der Waals surface area contributed by atoms with Crippen LogP contribution in [0.25, 0.3) is 10.9 Å². The number of benzene rings is 1. The highest BCUT2D eigenvalue weighted by molar-refractivity contribution is 9.10. The molecule has 1 unspecified atom stereocenters. The number of carbonyl (C=O) groups excluding carboxylic acids is 1. The monoisotopic (exact) mass is 339 g/mol. The normalized spacial score (nSPS) is 12.4. The highest BCUT2D eigenvalue weighted by Crippen LogP contribution is 2.31. The molecule has 1 aromatic carbocycles. The summed E-state index contributed by atoms with van der Waals surface area (Å²) in [6, 6.07) is 5.32. The molecule has 2 rings (SSSR count). The van der Waals surface area contributed by atoms with E-state index >= 15 is 0 Å². The first-order chi connectivity index (χ1) is 9.38. The number of ether oxygens (including phenoxy) is 1. The van der Waals surface area contributed by atoms with Gasteiger partial charge in [0.15, 0.2) is 0 Å². The van der Waals surface area contributed by atoms with E-state index in [-0.39, 0.29) is 12.4 Å². The summed E-state index contributed by atoms with van der Waals surface area (Å²) in [6.45, 7) is 6.74. The second-order valence-electron chi connectivity index (χ2n) is 4.75. The van der Waals surface area contributed by atoms with Gasteiger partial charge in [0.2, 0.25) is 5.78 Å². The Balaban J connectivity index is 2.38. The molecule has 0 amide bonds. The standard InChI is InChI=1S/C15H15BrFNO2/c1-8(2)15(19)13-4-10-5-14(20-7-9(3)17)11(16)6-12(10)18-13/h4-6,9,18H,1,7H2,2-3H3. The van der Waals surface area contributed by atoms with Gasteiger partial charge in [-0.3, -0.25) is 4.79 Å². The Kier molecular flexibility index (Phi) is 4.28. The molecule has 106 valence electrons. The lowest BCUT2D eigenvalue weighted by molar-refractivity contribution is 0.103. The average Bonchev–Trinajstić information content (AvgIpc) is 2.77. The first-order valence-corrected chi connectivity index (χ1v) is 6.97. The first kappa shape index (κ1) is 14.8. The van der Waals surface area contributed by atoms with Crippen molar-refractivity contribution in [2.75, 3.05) is 6.61 Å². The number of Topliss-reactive ketones (excluding diaryl/α,β-unsaturated/α-hetero) is 1. The number of aromatic amines is 1. The van der Waals surface area contributed by atoms with Crippen molar-refractivity contribution >= 4 is 32.6 Å². The molecule has 0 aliphatic carbocycles. The Morgan fingerprint density at radius 3 is 2.80 bits per heavy atom. The molecule has 2 aromatic rings. The third kappa shape index (κ3) is 3.10. The summed E-state index contributed by atoms with van der Waals surface area (Å²) < 4.78 is 18.9. The summed E-state index contributed by atoms with van der Waals surface area (Å²) in [7, 11) is 0. The van der Waals surface area contributed by atoms with Gasteiger partial charge < -0.3 is 9.72 Å². The number of allylic oxidation sites excluding steroid dienone is 1. The van der Waals surface area contributed by atoms with Crippen molar-refractivity contribution in [2.24, 2.45) is 0 Å². The predicted molar refractivity (Wildman–Crippen MR) is 81.2 cm³/mol. The number of H-pyrrole nitrogens is 1. The van der Waals surface area contributed by atoms with E-state index in [1.54, 1.807) is 19.1 Å². The molecule has 1 atom stereocenters. The molecule has 0 saturated heterocycles. The van der Waals surface area contributed by atoms with E-state index in [4.69, 9.17) is 4.74 Å². The van der Waals surface area contributed by atoms with Crippen LogP contribution in [0.15, 0.2) is 34.8 Å². The molecule has 0 spiro atoms. The number of nitrogens with one attached hydrogen (secondary N) is 1. The third-order valence-electron chi connectivity index (χ3n) is 2.77. The second-order valence-corrected chi connectivity index (χ2v) is 5.61. The van der Waals surface area contributed by atoms with Crippen molar-refractivity contribution in [3.8, 4) is 5.75 Å². The van der Waals surface area contributed by atoms with Crippen molar-refractivity contribution < 1.29 is 13.9 Å². The average molecular weight is 340 g/mol. The number of halogens is 2. The Bertz CT molecular complexity index is 676. The van der Waals surface area contributed by atoms with E-state index in [0.29, 0.717) is 21.5 Å². The smallest absolute Gasteiger partial charge is 0.204 e. The van der Waals surface area contributed by atoms with Crippen LogP contribution in [0.3, 0.4) is 0 Å². The van der Waals surface area contributed by atoms with Gasteiger partial charge in [-0.15, -0.1) is 0 Å². The summed E-state index contributed by atoms with van der Waals surface area (Å²) in [6.07, 6.45) is -1.04. The fourth-order valence-electron chi connectivity index (χ4n) is 1.80. The molecule has 0 aliphatic heterocycles. The van der Waals surface area contributed by atoms with Crippen LogP contribution in [0.1, 0.15) is 24.3 Å². The van der Waals surface area contributed by atoms with Gasteiger partial charge in [-0.1, -0.05) is 6.58 Å². The minimum atomic E-state index is -1.04.